The number of hydrogen-bond donors (Lipinski definition) is 2. The zero-order valence-corrected chi connectivity index (χ0v) is 17.2. The number of amides is 3. The first-order chi connectivity index (χ1) is 14.9. The summed E-state index contributed by atoms with van der Waals surface area (Å²) in [5, 5.41) is 5.18. The van der Waals surface area contributed by atoms with Gasteiger partial charge in [-0.05, 0) is 43.3 Å². The number of ether oxygens (including phenoxy) is 2. The number of fused-ring (bicyclic) bond motifs is 1. The predicted molar refractivity (Wildman–Crippen MR) is 113 cm³/mol. The van der Waals surface area contributed by atoms with Crippen LogP contribution in [0.15, 0.2) is 48.5 Å². The number of nitrogens with zero attached hydrogens (tertiary/aromatic N) is 1. The molecular weight excluding hydrogens is 402 g/mol. The number of anilines is 2. The Bertz CT molecular complexity index is 989. The van der Waals surface area contributed by atoms with Crippen molar-refractivity contribution in [2.75, 3.05) is 30.4 Å². The number of esters is 1. The summed E-state index contributed by atoms with van der Waals surface area (Å²) in [6, 6.07) is 13.4. The fraction of sp³-hybridized carbons (Fsp3) is 0.273. The molecule has 1 aliphatic rings. The molecule has 0 radical (unpaired) electrons. The van der Waals surface area contributed by atoms with Gasteiger partial charge in [-0.15, -0.1) is 0 Å². The van der Waals surface area contributed by atoms with E-state index in [4.69, 9.17) is 4.74 Å². The van der Waals surface area contributed by atoms with Gasteiger partial charge in [0.15, 0.2) is 6.10 Å². The highest BCUT2D eigenvalue weighted by atomic mass is 16.5. The Labute approximate surface area is 179 Å². The van der Waals surface area contributed by atoms with Gasteiger partial charge in [-0.2, -0.15) is 0 Å². The van der Waals surface area contributed by atoms with Gasteiger partial charge in [0.1, 0.15) is 12.3 Å². The lowest BCUT2D eigenvalue weighted by molar-refractivity contribution is -0.139. The van der Waals surface area contributed by atoms with E-state index in [2.05, 4.69) is 15.4 Å². The van der Waals surface area contributed by atoms with Crippen molar-refractivity contribution in [1.82, 2.24) is 5.32 Å². The van der Waals surface area contributed by atoms with Gasteiger partial charge in [0.05, 0.1) is 12.8 Å². The van der Waals surface area contributed by atoms with Crippen molar-refractivity contribution in [1.29, 1.82) is 0 Å². The van der Waals surface area contributed by atoms with Crippen molar-refractivity contribution in [3.63, 3.8) is 0 Å². The summed E-state index contributed by atoms with van der Waals surface area (Å²) in [5.74, 6) is -0.841. The van der Waals surface area contributed by atoms with Gasteiger partial charge in [0.25, 0.3) is 11.8 Å². The molecule has 0 saturated heterocycles. The fourth-order valence-corrected chi connectivity index (χ4v) is 3.06. The van der Waals surface area contributed by atoms with E-state index in [9.17, 15) is 19.2 Å². The number of nitrogens with one attached hydrogen (secondary N) is 2. The largest absolute Gasteiger partial charge is 0.479 e. The lowest BCUT2D eigenvalue weighted by Crippen LogP contribution is -2.45. The summed E-state index contributed by atoms with van der Waals surface area (Å²) in [6.45, 7) is 1.66. The number of methoxy groups -OCH3 is 1. The quantitative estimate of drug-likeness (QED) is 0.653. The molecule has 1 aliphatic heterocycles. The van der Waals surface area contributed by atoms with Gasteiger partial charge in [-0.1, -0.05) is 12.1 Å². The summed E-state index contributed by atoms with van der Waals surface area (Å²) < 4.78 is 10.1. The summed E-state index contributed by atoms with van der Waals surface area (Å²) in [6.07, 6.45) is -0.524. The van der Waals surface area contributed by atoms with E-state index < -0.39 is 18.0 Å². The number of benzene rings is 2. The third kappa shape index (κ3) is 5.39. The molecule has 0 fully saturated rings. The Morgan fingerprint density at radius 2 is 1.81 bits per heavy atom. The van der Waals surface area contributed by atoms with Gasteiger partial charge in [0, 0.05) is 24.2 Å². The van der Waals surface area contributed by atoms with Crippen molar-refractivity contribution in [2.45, 2.75) is 19.4 Å². The third-order valence-electron chi connectivity index (χ3n) is 4.69. The Kier molecular flexibility index (Phi) is 6.86. The minimum absolute atomic E-state index is 0.0914. The smallest absolute Gasteiger partial charge is 0.325 e. The second-order valence-corrected chi connectivity index (χ2v) is 6.85. The highest BCUT2D eigenvalue weighted by molar-refractivity contribution is 6.01. The minimum atomic E-state index is -0.615. The minimum Gasteiger partial charge on any atom is -0.479 e. The van der Waals surface area contributed by atoms with Crippen molar-refractivity contribution in [3.05, 3.63) is 54.1 Å². The van der Waals surface area contributed by atoms with Crippen molar-refractivity contribution in [3.8, 4) is 5.75 Å². The van der Waals surface area contributed by atoms with E-state index >= 15 is 0 Å². The molecule has 9 nitrogen and oxygen atoms in total. The molecule has 2 aromatic carbocycles. The summed E-state index contributed by atoms with van der Waals surface area (Å²) in [5.41, 5.74) is 1.49. The maximum absolute atomic E-state index is 12.5. The van der Waals surface area contributed by atoms with Gasteiger partial charge in [-0.3, -0.25) is 19.2 Å². The monoisotopic (exact) mass is 425 g/mol. The lowest BCUT2D eigenvalue weighted by Gasteiger charge is -2.32. The van der Waals surface area contributed by atoms with Crippen LogP contribution in [0.25, 0.3) is 0 Å². The van der Waals surface area contributed by atoms with Gasteiger partial charge < -0.3 is 25.0 Å². The number of para-hydroxylation sites is 2. The summed E-state index contributed by atoms with van der Waals surface area (Å²) in [7, 11) is 1.24. The molecule has 1 heterocycles. The molecular formula is C22H23N3O6. The van der Waals surface area contributed by atoms with E-state index in [1.807, 2.05) is 6.07 Å². The predicted octanol–water partition coefficient (Wildman–Crippen LogP) is 1.73. The molecule has 1 atom stereocenters. The molecule has 3 rings (SSSR count). The molecule has 3 amide bonds. The van der Waals surface area contributed by atoms with Crippen LogP contribution in [0.2, 0.25) is 0 Å². The highest BCUT2D eigenvalue weighted by Crippen LogP contribution is 2.33. The van der Waals surface area contributed by atoms with E-state index in [0.717, 1.165) is 0 Å². The number of rotatable bonds is 7. The second-order valence-electron chi connectivity index (χ2n) is 6.85. The first-order valence-electron chi connectivity index (χ1n) is 9.71. The van der Waals surface area contributed by atoms with E-state index in [1.165, 1.54) is 19.2 Å². The SMILES string of the molecule is COC(=O)CNC(=O)c1ccc(NC(=O)CCN2C(=O)C(C)Oc3ccccc32)cc1. The van der Waals surface area contributed by atoms with Crippen LogP contribution in [0.1, 0.15) is 23.7 Å². The fourth-order valence-electron chi connectivity index (χ4n) is 3.06. The van der Waals surface area contributed by atoms with E-state index in [-0.39, 0.29) is 31.3 Å². The standard InChI is InChI=1S/C22H23N3O6/c1-14-22(29)25(17-5-3-4-6-18(17)31-14)12-11-19(26)24-16-9-7-15(8-10-16)21(28)23-13-20(27)30-2/h3-10,14H,11-13H2,1-2H3,(H,23,28)(H,24,26). The number of carbonyl (C=O) groups is 4. The van der Waals surface area contributed by atoms with Crippen LogP contribution in [0.4, 0.5) is 11.4 Å². The van der Waals surface area contributed by atoms with Crippen LogP contribution in [0.3, 0.4) is 0 Å². The van der Waals surface area contributed by atoms with Crippen LogP contribution in [0.5, 0.6) is 5.75 Å². The summed E-state index contributed by atoms with van der Waals surface area (Å²) >= 11 is 0. The molecule has 31 heavy (non-hydrogen) atoms. The van der Waals surface area contributed by atoms with E-state index in [0.29, 0.717) is 22.7 Å². The lowest BCUT2D eigenvalue weighted by atomic mass is 10.1. The van der Waals surface area contributed by atoms with Crippen molar-refractivity contribution < 1.29 is 28.7 Å². The molecule has 0 spiro atoms. The van der Waals surface area contributed by atoms with Crippen LogP contribution >= 0.6 is 0 Å². The zero-order chi connectivity index (χ0) is 22.4. The number of carbonyl (C=O) groups excluding carboxylic acids is 4. The molecule has 2 N–H and O–H groups in total. The first kappa shape index (κ1) is 21.8. The van der Waals surface area contributed by atoms with E-state index in [1.54, 1.807) is 42.2 Å². The van der Waals surface area contributed by atoms with Crippen LogP contribution in [-0.2, 0) is 19.1 Å². The Hall–Kier alpha value is -3.88. The molecule has 0 aliphatic carbocycles. The Morgan fingerprint density at radius 1 is 1.10 bits per heavy atom. The van der Waals surface area contributed by atoms with Crippen LogP contribution in [0, 0.1) is 0 Å². The van der Waals surface area contributed by atoms with Gasteiger partial charge in [-0.25, -0.2) is 0 Å². The second kappa shape index (κ2) is 9.75. The van der Waals surface area contributed by atoms with Crippen LogP contribution in [-0.4, -0.2) is 50.0 Å². The molecule has 9 heteroatoms. The Balaban J connectivity index is 1.55. The van der Waals surface area contributed by atoms with Crippen LogP contribution < -0.4 is 20.3 Å². The maximum Gasteiger partial charge on any atom is 0.325 e. The molecule has 0 saturated carbocycles. The number of hydrogen-bond acceptors (Lipinski definition) is 6. The van der Waals surface area contributed by atoms with Crippen molar-refractivity contribution >= 4 is 35.1 Å². The maximum atomic E-state index is 12.5. The molecule has 162 valence electrons. The Morgan fingerprint density at radius 3 is 2.52 bits per heavy atom. The van der Waals surface area contributed by atoms with Gasteiger partial charge >= 0.3 is 5.97 Å². The average molecular weight is 425 g/mol. The third-order valence-corrected chi connectivity index (χ3v) is 4.69. The molecule has 0 bridgehead atoms. The zero-order valence-electron chi connectivity index (χ0n) is 17.2. The first-order valence-corrected chi connectivity index (χ1v) is 9.71. The topological polar surface area (TPSA) is 114 Å². The molecule has 2 aromatic rings. The summed E-state index contributed by atoms with van der Waals surface area (Å²) in [4.78, 5) is 49.5. The molecule has 1 unspecified atom stereocenters. The van der Waals surface area contributed by atoms with Gasteiger partial charge in [0.2, 0.25) is 5.91 Å². The highest BCUT2D eigenvalue weighted by Gasteiger charge is 2.31. The molecule has 0 aromatic heterocycles. The van der Waals surface area contributed by atoms with Crippen molar-refractivity contribution in [2.24, 2.45) is 0 Å². The normalized spacial score (nSPS) is 14.8. The average Bonchev–Trinajstić information content (AvgIpc) is 2.78.